The van der Waals surface area contributed by atoms with E-state index < -0.39 is 0 Å². The fourth-order valence-corrected chi connectivity index (χ4v) is 2.42. The van der Waals surface area contributed by atoms with E-state index in [1.807, 2.05) is 0 Å². The molecule has 1 fully saturated rings. The van der Waals surface area contributed by atoms with E-state index in [2.05, 4.69) is 31.7 Å². The molecule has 0 unspecified atom stereocenters. The Kier molecular flexibility index (Phi) is 5.29. The zero-order valence-electron chi connectivity index (χ0n) is 12.8. The molecule has 0 spiro atoms. The van der Waals surface area contributed by atoms with Gasteiger partial charge < -0.3 is 10.1 Å². The number of hydrazine groups is 1. The van der Waals surface area contributed by atoms with E-state index in [4.69, 9.17) is 17.0 Å². The first-order valence-electron chi connectivity index (χ1n) is 7.51. The first kappa shape index (κ1) is 16.3. The van der Waals surface area contributed by atoms with Crippen LogP contribution in [0.4, 0.5) is 0 Å². The van der Waals surface area contributed by atoms with Gasteiger partial charge in [0.1, 0.15) is 6.33 Å². The molecule has 2 aromatic rings. The van der Waals surface area contributed by atoms with Crippen LogP contribution in [-0.4, -0.2) is 50.5 Å². The number of carbonyl (C=O) groups excluding carboxylic acids is 1. The molecule has 1 aliphatic rings. The molecule has 3 N–H and O–H groups in total. The molecule has 0 bridgehead atoms. The standard InChI is InChI=1S/C14H17N7O2S/c22-13(17-18-14(24)15-8-12-2-1-7-23-12)10-3-5-11(6-4-10)21-9-16-19-20-21/h3-6,9,12H,1-2,7-8H2,(H,17,22)(H2,15,18,24)/t12-/m0/s1. The highest BCUT2D eigenvalue weighted by Gasteiger charge is 2.15. The Morgan fingerprint density at radius 3 is 2.83 bits per heavy atom. The Labute approximate surface area is 143 Å². The SMILES string of the molecule is O=C(NNC(=S)NC[C@@H]1CCCO1)c1ccc(-n2cnnn2)cc1. The lowest BCUT2D eigenvalue weighted by molar-refractivity contribution is 0.0943. The molecular formula is C14H17N7O2S. The van der Waals surface area contributed by atoms with Crippen molar-refractivity contribution in [3.63, 3.8) is 0 Å². The van der Waals surface area contributed by atoms with Crippen LogP contribution in [-0.2, 0) is 4.74 Å². The zero-order chi connectivity index (χ0) is 16.8. The number of tetrazole rings is 1. The largest absolute Gasteiger partial charge is 0.376 e. The summed E-state index contributed by atoms with van der Waals surface area (Å²) in [6.07, 6.45) is 3.76. The van der Waals surface area contributed by atoms with Gasteiger partial charge in [-0.25, -0.2) is 4.68 Å². The van der Waals surface area contributed by atoms with Crippen LogP contribution < -0.4 is 16.2 Å². The van der Waals surface area contributed by atoms with Crippen molar-refractivity contribution in [2.75, 3.05) is 13.2 Å². The molecule has 0 radical (unpaired) electrons. The Bertz CT molecular complexity index is 684. The fraction of sp³-hybridized carbons (Fsp3) is 0.357. The second-order valence-corrected chi connectivity index (χ2v) is 5.63. The number of thiocarbonyl (C=S) groups is 1. The van der Waals surface area contributed by atoms with Crippen molar-refractivity contribution in [3.8, 4) is 5.69 Å². The van der Waals surface area contributed by atoms with E-state index >= 15 is 0 Å². The number of nitrogens with one attached hydrogen (secondary N) is 3. The van der Waals surface area contributed by atoms with E-state index in [1.165, 1.54) is 11.0 Å². The Morgan fingerprint density at radius 1 is 1.33 bits per heavy atom. The average molecular weight is 347 g/mol. The third kappa shape index (κ3) is 4.24. The van der Waals surface area contributed by atoms with Gasteiger partial charge >= 0.3 is 0 Å². The van der Waals surface area contributed by atoms with Gasteiger partial charge in [0, 0.05) is 18.7 Å². The summed E-state index contributed by atoms with van der Waals surface area (Å²) in [4.78, 5) is 12.1. The van der Waals surface area contributed by atoms with Gasteiger partial charge in [0.05, 0.1) is 11.8 Å². The van der Waals surface area contributed by atoms with Crippen LogP contribution in [0.2, 0.25) is 0 Å². The van der Waals surface area contributed by atoms with E-state index in [-0.39, 0.29) is 12.0 Å². The van der Waals surface area contributed by atoms with Gasteiger partial charge in [-0.3, -0.25) is 15.6 Å². The minimum atomic E-state index is -0.292. The molecule has 10 heteroatoms. The molecule has 0 aliphatic carbocycles. The number of rotatable bonds is 4. The molecule has 1 aromatic heterocycles. The second-order valence-electron chi connectivity index (χ2n) is 5.23. The molecule has 1 saturated heterocycles. The smallest absolute Gasteiger partial charge is 0.269 e. The molecule has 1 aromatic carbocycles. The molecule has 0 saturated carbocycles. The maximum Gasteiger partial charge on any atom is 0.269 e. The van der Waals surface area contributed by atoms with Crippen molar-refractivity contribution in [1.29, 1.82) is 0 Å². The van der Waals surface area contributed by atoms with E-state index in [9.17, 15) is 4.79 Å². The molecule has 24 heavy (non-hydrogen) atoms. The topological polar surface area (TPSA) is 106 Å². The highest BCUT2D eigenvalue weighted by molar-refractivity contribution is 7.80. The van der Waals surface area contributed by atoms with Gasteiger partial charge in [-0.1, -0.05) is 0 Å². The Morgan fingerprint density at radius 2 is 2.17 bits per heavy atom. The number of nitrogens with zero attached hydrogens (tertiary/aromatic N) is 4. The number of hydrogen-bond acceptors (Lipinski definition) is 6. The summed E-state index contributed by atoms with van der Waals surface area (Å²) in [7, 11) is 0. The zero-order valence-corrected chi connectivity index (χ0v) is 13.6. The maximum atomic E-state index is 12.1. The predicted octanol–water partition coefficient (Wildman–Crippen LogP) is -0.0498. The molecule has 126 valence electrons. The van der Waals surface area contributed by atoms with Crippen LogP contribution in [0.1, 0.15) is 23.2 Å². The quantitative estimate of drug-likeness (QED) is 0.522. The van der Waals surface area contributed by atoms with Gasteiger partial charge in [0.15, 0.2) is 5.11 Å². The number of amides is 1. The van der Waals surface area contributed by atoms with Crippen LogP contribution in [0.25, 0.3) is 5.69 Å². The van der Waals surface area contributed by atoms with Gasteiger partial charge in [-0.2, -0.15) is 0 Å². The summed E-state index contributed by atoms with van der Waals surface area (Å²) >= 11 is 5.11. The van der Waals surface area contributed by atoms with E-state index in [0.717, 1.165) is 25.1 Å². The first-order chi connectivity index (χ1) is 11.7. The maximum absolute atomic E-state index is 12.1. The van der Waals surface area contributed by atoms with Crippen molar-refractivity contribution < 1.29 is 9.53 Å². The highest BCUT2D eigenvalue weighted by atomic mass is 32.1. The number of aromatic nitrogens is 4. The van der Waals surface area contributed by atoms with E-state index in [0.29, 0.717) is 17.2 Å². The van der Waals surface area contributed by atoms with Crippen LogP contribution in [0.5, 0.6) is 0 Å². The van der Waals surface area contributed by atoms with Gasteiger partial charge in [0.2, 0.25) is 0 Å². The Balaban J connectivity index is 1.45. The van der Waals surface area contributed by atoms with Crippen molar-refractivity contribution in [2.45, 2.75) is 18.9 Å². The molecule has 1 atom stereocenters. The normalized spacial score (nSPS) is 16.6. The number of benzene rings is 1. The second kappa shape index (κ2) is 7.79. The van der Waals surface area contributed by atoms with E-state index in [1.54, 1.807) is 24.3 Å². The number of carbonyl (C=O) groups is 1. The summed E-state index contributed by atoms with van der Waals surface area (Å²) in [6.45, 7) is 1.42. The average Bonchev–Trinajstić information content (AvgIpc) is 3.31. The molecule has 1 aliphatic heterocycles. The highest BCUT2D eigenvalue weighted by Crippen LogP contribution is 2.10. The summed E-state index contributed by atoms with van der Waals surface area (Å²) in [5.74, 6) is -0.292. The van der Waals surface area contributed by atoms with Crippen molar-refractivity contribution in [1.82, 2.24) is 36.4 Å². The van der Waals surface area contributed by atoms with Crippen molar-refractivity contribution in [2.24, 2.45) is 0 Å². The molecule has 2 heterocycles. The predicted molar refractivity (Wildman–Crippen MR) is 89.3 cm³/mol. The first-order valence-corrected chi connectivity index (χ1v) is 7.92. The number of ether oxygens (including phenoxy) is 1. The number of hydrogen-bond donors (Lipinski definition) is 3. The van der Waals surface area contributed by atoms with Gasteiger partial charge in [-0.05, 0) is 59.8 Å². The molecule has 1 amide bonds. The molecular weight excluding hydrogens is 330 g/mol. The van der Waals surface area contributed by atoms with Crippen LogP contribution >= 0.6 is 12.2 Å². The lowest BCUT2D eigenvalue weighted by Crippen LogP contribution is -2.48. The summed E-state index contributed by atoms with van der Waals surface area (Å²) < 4.78 is 6.99. The molecule has 9 nitrogen and oxygen atoms in total. The van der Waals surface area contributed by atoms with Gasteiger partial charge in [-0.15, -0.1) is 5.10 Å². The lowest BCUT2D eigenvalue weighted by Gasteiger charge is -2.14. The molecule has 3 rings (SSSR count). The monoisotopic (exact) mass is 347 g/mol. The third-order valence-corrected chi connectivity index (χ3v) is 3.79. The summed E-state index contributed by atoms with van der Waals surface area (Å²) in [6, 6.07) is 6.85. The minimum absolute atomic E-state index is 0.180. The lowest BCUT2D eigenvalue weighted by atomic mass is 10.2. The summed E-state index contributed by atoms with van der Waals surface area (Å²) in [5.41, 5.74) is 6.47. The fourth-order valence-electron chi connectivity index (χ4n) is 2.29. The van der Waals surface area contributed by atoms with Crippen molar-refractivity contribution in [3.05, 3.63) is 36.2 Å². The van der Waals surface area contributed by atoms with Crippen LogP contribution in [0.3, 0.4) is 0 Å². The third-order valence-electron chi connectivity index (χ3n) is 3.55. The van der Waals surface area contributed by atoms with Crippen molar-refractivity contribution >= 4 is 23.2 Å². The van der Waals surface area contributed by atoms with Gasteiger partial charge in [0.25, 0.3) is 5.91 Å². The van der Waals surface area contributed by atoms with Crippen LogP contribution in [0, 0.1) is 0 Å². The van der Waals surface area contributed by atoms with Crippen LogP contribution in [0.15, 0.2) is 30.6 Å². The minimum Gasteiger partial charge on any atom is -0.376 e. The summed E-state index contributed by atoms with van der Waals surface area (Å²) in [5, 5.41) is 14.3. The Hall–Kier alpha value is -2.59.